The Hall–Kier alpha value is -0.860. The average Bonchev–Trinajstić information content (AvgIpc) is 2.64. The lowest BCUT2D eigenvalue weighted by atomic mass is 10.2. The standard InChI is InChI=1S/C10H6S2/c1-3-11-9-6-10-8(2-4-12-10)5-7(1)9/h1-6H. The molecule has 0 aliphatic carbocycles. The van der Waals surface area contributed by atoms with Gasteiger partial charge in [-0.2, -0.15) is 0 Å². The molecule has 0 bridgehead atoms. The first-order valence-electron chi connectivity index (χ1n) is 3.78. The van der Waals surface area contributed by atoms with E-state index in [4.69, 9.17) is 0 Å². The van der Waals surface area contributed by atoms with Crippen LogP contribution in [0, 0.1) is 0 Å². The zero-order valence-electron chi connectivity index (χ0n) is 6.28. The van der Waals surface area contributed by atoms with Crippen LogP contribution in [0.5, 0.6) is 0 Å². The molecule has 58 valence electrons. The van der Waals surface area contributed by atoms with Gasteiger partial charge in [0.1, 0.15) is 0 Å². The normalized spacial score (nSPS) is 11.3. The van der Waals surface area contributed by atoms with Gasteiger partial charge in [0.2, 0.25) is 0 Å². The van der Waals surface area contributed by atoms with Crippen molar-refractivity contribution in [2.45, 2.75) is 0 Å². The third kappa shape index (κ3) is 0.822. The van der Waals surface area contributed by atoms with E-state index in [0.717, 1.165) is 0 Å². The highest BCUT2D eigenvalue weighted by molar-refractivity contribution is 7.19. The molecule has 0 fully saturated rings. The van der Waals surface area contributed by atoms with Crippen molar-refractivity contribution in [2.75, 3.05) is 0 Å². The minimum atomic E-state index is 1.37. The first-order valence-corrected chi connectivity index (χ1v) is 5.54. The maximum atomic E-state index is 2.28. The third-order valence-corrected chi connectivity index (χ3v) is 3.79. The molecule has 3 rings (SSSR count). The summed E-state index contributed by atoms with van der Waals surface area (Å²) >= 11 is 3.62. The van der Waals surface area contributed by atoms with Crippen LogP contribution in [0.15, 0.2) is 35.0 Å². The highest BCUT2D eigenvalue weighted by Gasteiger charge is 1.98. The van der Waals surface area contributed by atoms with Crippen molar-refractivity contribution in [1.29, 1.82) is 0 Å². The highest BCUT2D eigenvalue weighted by Crippen LogP contribution is 2.29. The molecule has 0 saturated carbocycles. The van der Waals surface area contributed by atoms with Crippen LogP contribution >= 0.6 is 22.7 Å². The molecule has 0 atom stereocenters. The van der Waals surface area contributed by atoms with E-state index < -0.39 is 0 Å². The zero-order chi connectivity index (χ0) is 7.97. The fraction of sp³-hybridized carbons (Fsp3) is 0. The van der Waals surface area contributed by atoms with Crippen LogP contribution in [0.2, 0.25) is 0 Å². The molecule has 0 amide bonds. The molecule has 0 N–H and O–H groups in total. The highest BCUT2D eigenvalue weighted by atomic mass is 32.1. The number of hydrogen-bond donors (Lipinski definition) is 0. The predicted molar refractivity (Wildman–Crippen MR) is 57.2 cm³/mol. The summed E-state index contributed by atoms with van der Waals surface area (Å²) in [6, 6.07) is 8.89. The Morgan fingerprint density at radius 1 is 0.750 bits per heavy atom. The third-order valence-electron chi connectivity index (χ3n) is 2.03. The second-order valence-corrected chi connectivity index (χ2v) is 4.66. The topological polar surface area (TPSA) is 0 Å². The van der Waals surface area contributed by atoms with Crippen LogP contribution < -0.4 is 0 Å². The molecule has 2 aromatic heterocycles. The smallest absolute Gasteiger partial charge is 0.0357 e. The fourth-order valence-corrected chi connectivity index (χ4v) is 3.12. The molecule has 0 nitrogen and oxygen atoms in total. The maximum Gasteiger partial charge on any atom is 0.0357 e. The van der Waals surface area contributed by atoms with Crippen molar-refractivity contribution in [3.63, 3.8) is 0 Å². The van der Waals surface area contributed by atoms with Gasteiger partial charge in [-0.15, -0.1) is 22.7 Å². The van der Waals surface area contributed by atoms with E-state index >= 15 is 0 Å². The second-order valence-electron chi connectivity index (χ2n) is 2.77. The molecule has 0 spiro atoms. The average molecular weight is 190 g/mol. The number of fused-ring (bicyclic) bond motifs is 2. The summed E-state index contributed by atoms with van der Waals surface area (Å²) in [7, 11) is 0. The Balaban J connectivity index is 2.62. The molecule has 12 heavy (non-hydrogen) atoms. The van der Waals surface area contributed by atoms with Crippen LogP contribution in [0.3, 0.4) is 0 Å². The number of benzene rings is 1. The molecule has 0 unspecified atom stereocenters. The summed E-state index contributed by atoms with van der Waals surface area (Å²) in [4.78, 5) is 0. The monoisotopic (exact) mass is 190 g/mol. The first-order chi connectivity index (χ1) is 5.93. The van der Waals surface area contributed by atoms with E-state index in [-0.39, 0.29) is 0 Å². The number of rotatable bonds is 0. The van der Waals surface area contributed by atoms with Crippen LogP contribution in [0.1, 0.15) is 0 Å². The van der Waals surface area contributed by atoms with Crippen molar-refractivity contribution >= 4 is 42.8 Å². The largest absolute Gasteiger partial charge is 0.144 e. The number of thiophene rings is 2. The molecule has 0 saturated heterocycles. The maximum absolute atomic E-state index is 2.28. The molecule has 3 aromatic rings. The van der Waals surface area contributed by atoms with Crippen molar-refractivity contribution in [1.82, 2.24) is 0 Å². The van der Waals surface area contributed by atoms with Gasteiger partial charge in [0, 0.05) is 9.40 Å². The zero-order valence-corrected chi connectivity index (χ0v) is 7.91. The minimum Gasteiger partial charge on any atom is -0.144 e. The lowest BCUT2D eigenvalue weighted by molar-refractivity contribution is 2.03. The summed E-state index contributed by atoms with van der Waals surface area (Å²) < 4.78 is 2.79. The Labute approximate surface area is 78.1 Å². The van der Waals surface area contributed by atoms with Crippen LogP contribution in [0.4, 0.5) is 0 Å². The van der Waals surface area contributed by atoms with Crippen LogP contribution in [-0.4, -0.2) is 0 Å². The van der Waals surface area contributed by atoms with Crippen molar-refractivity contribution in [3.8, 4) is 0 Å². The van der Waals surface area contributed by atoms with Crippen LogP contribution in [0.25, 0.3) is 20.2 Å². The van der Waals surface area contributed by atoms with Crippen LogP contribution in [-0.2, 0) is 0 Å². The Kier molecular flexibility index (Phi) is 1.28. The molecule has 1 aromatic carbocycles. The van der Waals surface area contributed by atoms with E-state index in [1.807, 2.05) is 22.7 Å². The SMILES string of the molecule is c1cc2cc3ccsc3cc2s1. The van der Waals surface area contributed by atoms with E-state index in [0.29, 0.717) is 0 Å². The predicted octanol–water partition coefficient (Wildman–Crippen LogP) is 4.12. The lowest BCUT2D eigenvalue weighted by Crippen LogP contribution is -1.61. The summed E-state index contributed by atoms with van der Waals surface area (Å²) in [6.45, 7) is 0. The number of hydrogen-bond acceptors (Lipinski definition) is 2. The molecule has 2 heterocycles. The van der Waals surface area contributed by atoms with Gasteiger partial charge < -0.3 is 0 Å². The van der Waals surface area contributed by atoms with E-state index in [9.17, 15) is 0 Å². The van der Waals surface area contributed by atoms with E-state index in [2.05, 4.69) is 35.0 Å². The molecule has 0 aliphatic heterocycles. The molecule has 0 radical (unpaired) electrons. The Morgan fingerprint density at radius 3 is 1.92 bits per heavy atom. The van der Waals surface area contributed by atoms with Gasteiger partial charge in [-0.3, -0.25) is 0 Å². The lowest BCUT2D eigenvalue weighted by Gasteiger charge is -1.89. The fourth-order valence-electron chi connectivity index (χ4n) is 1.42. The second kappa shape index (κ2) is 2.31. The quantitative estimate of drug-likeness (QED) is 0.500. The van der Waals surface area contributed by atoms with E-state index in [1.54, 1.807) is 0 Å². The molecule has 2 heteroatoms. The van der Waals surface area contributed by atoms with Gasteiger partial charge in [0.25, 0.3) is 0 Å². The van der Waals surface area contributed by atoms with Gasteiger partial charge in [-0.1, -0.05) is 0 Å². The minimum absolute atomic E-state index is 1.37. The molecular weight excluding hydrogens is 184 g/mol. The van der Waals surface area contributed by atoms with Gasteiger partial charge in [0.05, 0.1) is 0 Å². The Bertz CT molecular complexity index is 440. The summed E-state index contributed by atoms with van der Waals surface area (Å²) in [6.07, 6.45) is 0. The van der Waals surface area contributed by atoms with Crippen molar-refractivity contribution < 1.29 is 0 Å². The van der Waals surface area contributed by atoms with E-state index in [1.165, 1.54) is 20.2 Å². The van der Waals surface area contributed by atoms with Gasteiger partial charge in [-0.25, -0.2) is 0 Å². The van der Waals surface area contributed by atoms with Gasteiger partial charge in [-0.05, 0) is 45.8 Å². The van der Waals surface area contributed by atoms with Crippen molar-refractivity contribution in [3.05, 3.63) is 35.0 Å². The first kappa shape index (κ1) is 6.63. The summed E-state index contributed by atoms with van der Waals surface area (Å²) in [5.41, 5.74) is 0. The Morgan fingerprint density at radius 2 is 1.33 bits per heavy atom. The van der Waals surface area contributed by atoms with Gasteiger partial charge >= 0.3 is 0 Å². The summed E-state index contributed by atoms with van der Waals surface area (Å²) in [5.74, 6) is 0. The van der Waals surface area contributed by atoms with Crippen molar-refractivity contribution in [2.24, 2.45) is 0 Å². The summed E-state index contributed by atoms with van der Waals surface area (Å²) in [5, 5.41) is 7.03. The molecular formula is C10H6S2. The molecule has 0 aliphatic rings. The van der Waals surface area contributed by atoms with Gasteiger partial charge in [0.15, 0.2) is 0 Å².